The highest BCUT2D eigenvalue weighted by Crippen LogP contribution is 2.31. The molecule has 0 radical (unpaired) electrons. The summed E-state index contributed by atoms with van der Waals surface area (Å²) in [6, 6.07) is 7.02. The number of amides is 1. The number of hydrogen-bond acceptors (Lipinski definition) is 4. The van der Waals surface area contributed by atoms with Crippen LogP contribution in [0.1, 0.15) is 12.0 Å². The molecule has 1 fully saturated rings. The smallest absolute Gasteiger partial charge is 0.232 e. The SMILES string of the molecule is N#Cc1ccc(Br)cc1N1CC(CS(=O)(=O)Cl)CC1=O. The van der Waals surface area contributed by atoms with Crippen molar-refractivity contribution in [2.24, 2.45) is 5.92 Å². The third-order valence-electron chi connectivity index (χ3n) is 3.01. The summed E-state index contributed by atoms with van der Waals surface area (Å²) in [5.41, 5.74) is 0.859. The number of nitriles is 1. The van der Waals surface area contributed by atoms with Gasteiger partial charge in [0.25, 0.3) is 0 Å². The third-order valence-corrected chi connectivity index (χ3v) is 4.75. The Morgan fingerprint density at radius 3 is 2.80 bits per heavy atom. The molecule has 1 atom stereocenters. The lowest BCUT2D eigenvalue weighted by molar-refractivity contribution is -0.117. The number of hydrogen-bond donors (Lipinski definition) is 0. The molecule has 0 bridgehead atoms. The first-order chi connectivity index (χ1) is 9.30. The minimum absolute atomic E-state index is 0.114. The molecule has 1 aliphatic rings. The van der Waals surface area contributed by atoms with Gasteiger partial charge in [0.2, 0.25) is 15.0 Å². The van der Waals surface area contributed by atoms with Crippen LogP contribution in [0.15, 0.2) is 22.7 Å². The van der Waals surface area contributed by atoms with Crippen molar-refractivity contribution in [3.63, 3.8) is 0 Å². The van der Waals surface area contributed by atoms with Crippen molar-refractivity contribution in [3.05, 3.63) is 28.2 Å². The van der Waals surface area contributed by atoms with E-state index in [1.54, 1.807) is 18.2 Å². The Morgan fingerprint density at radius 2 is 2.20 bits per heavy atom. The van der Waals surface area contributed by atoms with E-state index in [1.165, 1.54) is 4.90 Å². The zero-order chi connectivity index (χ0) is 14.9. The lowest BCUT2D eigenvalue weighted by Crippen LogP contribution is -2.26. The van der Waals surface area contributed by atoms with E-state index in [2.05, 4.69) is 15.9 Å². The van der Waals surface area contributed by atoms with Crippen molar-refractivity contribution in [2.45, 2.75) is 6.42 Å². The molecule has 106 valence electrons. The average Bonchev–Trinajstić information content (AvgIpc) is 2.67. The number of anilines is 1. The molecule has 8 heteroatoms. The second-order valence-electron chi connectivity index (χ2n) is 4.55. The fraction of sp³-hybridized carbons (Fsp3) is 0.333. The van der Waals surface area contributed by atoms with Gasteiger partial charge in [0, 0.05) is 34.0 Å². The van der Waals surface area contributed by atoms with E-state index < -0.39 is 9.05 Å². The largest absolute Gasteiger partial charge is 0.311 e. The van der Waals surface area contributed by atoms with Crippen molar-refractivity contribution >= 4 is 47.3 Å². The predicted molar refractivity (Wildman–Crippen MR) is 79.0 cm³/mol. The molecular weight excluding hydrogens is 368 g/mol. The highest BCUT2D eigenvalue weighted by molar-refractivity contribution is 9.10. The van der Waals surface area contributed by atoms with Crippen LogP contribution in [0.25, 0.3) is 0 Å². The van der Waals surface area contributed by atoms with Gasteiger partial charge in [0.1, 0.15) is 6.07 Å². The van der Waals surface area contributed by atoms with Crippen LogP contribution in [-0.4, -0.2) is 26.6 Å². The quantitative estimate of drug-likeness (QED) is 0.757. The summed E-state index contributed by atoms with van der Waals surface area (Å²) in [7, 11) is 1.58. The molecule has 2 rings (SSSR count). The molecule has 0 N–H and O–H groups in total. The Labute approximate surface area is 129 Å². The van der Waals surface area contributed by atoms with E-state index in [4.69, 9.17) is 15.9 Å². The Bertz CT molecular complexity index is 699. The standard InChI is InChI=1S/C12H10BrClN2O3S/c13-10-2-1-9(5-15)11(4-10)16-6-8(3-12(16)17)7-20(14,18)19/h1-2,4,8H,3,6-7H2. The summed E-state index contributed by atoms with van der Waals surface area (Å²) in [4.78, 5) is 13.5. The van der Waals surface area contributed by atoms with E-state index in [0.717, 1.165) is 4.47 Å². The van der Waals surface area contributed by atoms with Crippen LogP contribution in [0.2, 0.25) is 0 Å². The monoisotopic (exact) mass is 376 g/mol. The van der Waals surface area contributed by atoms with Crippen LogP contribution in [0, 0.1) is 17.2 Å². The van der Waals surface area contributed by atoms with E-state index in [9.17, 15) is 13.2 Å². The van der Waals surface area contributed by atoms with Gasteiger partial charge in [-0.05, 0) is 18.2 Å². The molecule has 1 aliphatic heterocycles. The van der Waals surface area contributed by atoms with Gasteiger partial charge in [-0.15, -0.1) is 0 Å². The molecule has 1 aromatic carbocycles. The zero-order valence-electron chi connectivity index (χ0n) is 10.2. The summed E-state index contributed by atoms with van der Waals surface area (Å²) in [5.74, 6) is -0.799. The highest BCUT2D eigenvalue weighted by Gasteiger charge is 2.34. The average molecular weight is 378 g/mol. The normalized spacial score (nSPS) is 19.1. The first-order valence-corrected chi connectivity index (χ1v) is 8.99. The lowest BCUT2D eigenvalue weighted by Gasteiger charge is -2.18. The maximum atomic E-state index is 12.0. The molecule has 5 nitrogen and oxygen atoms in total. The van der Waals surface area contributed by atoms with Crippen molar-refractivity contribution in [1.82, 2.24) is 0 Å². The minimum atomic E-state index is -3.64. The van der Waals surface area contributed by atoms with Crippen LogP contribution < -0.4 is 4.90 Å². The number of carbonyl (C=O) groups excluding carboxylic acids is 1. The van der Waals surface area contributed by atoms with Gasteiger partial charge >= 0.3 is 0 Å². The summed E-state index contributed by atoms with van der Waals surface area (Å²) in [6.45, 7) is 0.246. The zero-order valence-corrected chi connectivity index (χ0v) is 13.4. The van der Waals surface area contributed by atoms with Gasteiger partial charge < -0.3 is 4.90 Å². The first kappa shape index (κ1) is 15.3. The minimum Gasteiger partial charge on any atom is -0.311 e. The summed E-state index contributed by atoms with van der Waals surface area (Å²) in [5, 5.41) is 9.09. The summed E-state index contributed by atoms with van der Waals surface area (Å²) >= 11 is 3.29. The molecule has 0 spiro atoms. The fourth-order valence-corrected chi connectivity index (χ4v) is 3.90. The van der Waals surface area contributed by atoms with Gasteiger partial charge in [0.05, 0.1) is 17.0 Å². The fourth-order valence-electron chi connectivity index (χ4n) is 2.23. The van der Waals surface area contributed by atoms with Crippen molar-refractivity contribution in [2.75, 3.05) is 17.2 Å². The van der Waals surface area contributed by atoms with Crippen molar-refractivity contribution in [1.29, 1.82) is 5.26 Å². The van der Waals surface area contributed by atoms with Gasteiger partial charge in [-0.3, -0.25) is 4.79 Å². The summed E-state index contributed by atoms with van der Waals surface area (Å²) in [6.07, 6.45) is 0.114. The predicted octanol–water partition coefficient (Wildman–Crippen LogP) is 2.24. The number of carbonyl (C=O) groups is 1. The molecule has 1 heterocycles. The van der Waals surface area contributed by atoms with Crippen LogP contribution >= 0.6 is 26.6 Å². The lowest BCUT2D eigenvalue weighted by atomic mass is 10.1. The molecule has 0 aliphatic carbocycles. The van der Waals surface area contributed by atoms with Gasteiger partial charge in [0.15, 0.2) is 0 Å². The molecule has 1 aromatic rings. The van der Waals surface area contributed by atoms with E-state index in [0.29, 0.717) is 11.3 Å². The van der Waals surface area contributed by atoms with Crippen LogP contribution in [0.5, 0.6) is 0 Å². The van der Waals surface area contributed by atoms with Gasteiger partial charge in [-0.2, -0.15) is 5.26 Å². The molecule has 20 heavy (non-hydrogen) atoms. The van der Waals surface area contributed by atoms with Crippen molar-refractivity contribution < 1.29 is 13.2 Å². The Hall–Kier alpha value is -1.10. The number of nitrogens with zero attached hydrogens (tertiary/aromatic N) is 2. The second-order valence-corrected chi connectivity index (χ2v) is 8.29. The highest BCUT2D eigenvalue weighted by atomic mass is 79.9. The second kappa shape index (κ2) is 5.72. The number of halogens is 2. The van der Waals surface area contributed by atoms with Crippen molar-refractivity contribution in [3.8, 4) is 6.07 Å². The maximum absolute atomic E-state index is 12.0. The third kappa shape index (κ3) is 3.51. The van der Waals surface area contributed by atoms with E-state index >= 15 is 0 Å². The van der Waals surface area contributed by atoms with Gasteiger partial charge in [-0.25, -0.2) is 8.42 Å². The molecular formula is C12H10BrClN2O3S. The molecule has 1 unspecified atom stereocenters. The Balaban J connectivity index is 2.29. The van der Waals surface area contributed by atoms with Crippen LogP contribution in [-0.2, 0) is 13.8 Å². The Morgan fingerprint density at radius 1 is 1.50 bits per heavy atom. The molecule has 0 aromatic heterocycles. The molecule has 1 amide bonds. The van der Waals surface area contributed by atoms with Crippen LogP contribution in [0.4, 0.5) is 5.69 Å². The number of rotatable bonds is 3. The molecule has 1 saturated heterocycles. The maximum Gasteiger partial charge on any atom is 0.232 e. The Kier molecular flexibility index (Phi) is 4.37. The summed E-state index contributed by atoms with van der Waals surface area (Å²) < 4.78 is 22.9. The molecule has 0 saturated carbocycles. The van der Waals surface area contributed by atoms with E-state index in [1.807, 2.05) is 6.07 Å². The van der Waals surface area contributed by atoms with Crippen LogP contribution in [0.3, 0.4) is 0 Å². The van der Waals surface area contributed by atoms with Gasteiger partial charge in [-0.1, -0.05) is 15.9 Å². The number of benzene rings is 1. The topological polar surface area (TPSA) is 78.2 Å². The van der Waals surface area contributed by atoms with E-state index in [-0.39, 0.29) is 30.5 Å². The first-order valence-electron chi connectivity index (χ1n) is 5.72.